The largest absolute Gasteiger partial charge is 0.364 e. The van der Waals surface area contributed by atoms with E-state index in [0.717, 1.165) is 0 Å². The number of hydrazine groups is 2. The summed E-state index contributed by atoms with van der Waals surface area (Å²) in [6, 6.07) is 0. The van der Waals surface area contributed by atoms with Crippen LogP contribution >= 0.6 is 0 Å². The zero-order chi connectivity index (χ0) is 8.55. The molecule has 1 amide bonds. The van der Waals surface area contributed by atoms with Gasteiger partial charge in [-0.15, -0.1) is 0 Å². The highest BCUT2D eigenvalue weighted by Gasteiger charge is 2.22. The van der Waals surface area contributed by atoms with E-state index in [0.29, 0.717) is 5.70 Å². The van der Waals surface area contributed by atoms with Crippen LogP contribution in [0.1, 0.15) is 0 Å². The number of nitrogens with zero attached hydrogens (tertiary/aromatic N) is 2. The first kappa shape index (κ1) is 6.78. The van der Waals surface area contributed by atoms with Gasteiger partial charge < -0.3 is 5.73 Å². The minimum atomic E-state index is -0.447. The molecule has 0 bridgehead atoms. The Balaban J connectivity index is 2.32. The molecule has 0 atom stereocenters. The molecule has 0 aliphatic carbocycles. The van der Waals surface area contributed by atoms with Crippen molar-refractivity contribution in [1.29, 1.82) is 0 Å². The molecule has 2 aliphatic rings. The predicted molar refractivity (Wildman–Crippen MR) is 42.4 cm³/mol. The molecule has 0 aromatic rings. The number of amides is 1. The second-order valence-corrected chi connectivity index (χ2v) is 2.39. The number of fused-ring (bicyclic) bond motifs is 1. The Hall–Kier alpha value is -1.91. The normalized spacial score (nSPS) is 18.8. The third-order valence-electron chi connectivity index (χ3n) is 1.64. The molecule has 0 fully saturated rings. The summed E-state index contributed by atoms with van der Waals surface area (Å²) in [5, 5.41) is 3.28. The Bertz CT molecular complexity index is 305. The predicted octanol–water partition coefficient (Wildman–Crippen LogP) is -0.609. The Labute approximate surface area is 69.4 Å². The van der Waals surface area contributed by atoms with E-state index in [9.17, 15) is 4.79 Å². The van der Waals surface area contributed by atoms with Gasteiger partial charge in [-0.2, -0.15) is 5.12 Å². The molecular formula is C7H8N4O. The lowest BCUT2D eigenvalue weighted by molar-refractivity contribution is -0.117. The molecule has 0 saturated heterocycles. The lowest BCUT2D eigenvalue weighted by Crippen LogP contribution is -2.41. The van der Waals surface area contributed by atoms with Gasteiger partial charge in [-0.25, -0.2) is 5.01 Å². The van der Waals surface area contributed by atoms with Gasteiger partial charge in [0.2, 0.25) is 0 Å². The van der Waals surface area contributed by atoms with E-state index in [1.165, 1.54) is 0 Å². The topological polar surface area (TPSA) is 61.6 Å². The van der Waals surface area contributed by atoms with Gasteiger partial charge in [-0.3, -0.25) is 10.2 Å². The summed E-state index contributed by atoms with van der Waals surface area (Å²) in [6.07, 6.45) is 8.63. The summed E-state index contributed by atoms with van der Waals surface area (Å²) in [7, 11) is 0. The molecule has 2 heterocycles. The van der Waals surface area contributed by atoms with Crippen molar-refractivity contribution in [3.8, 4) is 0 Å². The van der Waals surface area contributed by atoms with Crippen LogP contribution in [0, 0.1) is 0 Å². The monoisotopic (exact) mass is 164 g/mol. The molecule has 3 N–H and O–H groups in total. The highest BCUT2D eigenvalue weighted by atomic mass is 16.1. The van der Waals surface area contributed by atoms with Crippen molar-refractivity contribution in [1.82, 2.24) is 15.6 Å². The standard InChI is InChI=1S/C7H8N4O/c8-7(12)6-2-1-4-11-9-3-5-10(6)11/h1-5,9H,(H2,8,12). The molecule has 0 spiro atoms. The first-order valence-electron chi connectivity index (χ1n) is 3.48. The van der Waals surface area contributed by atoms with Crippen LogP contribution in [0.15, 0.2) is 36.4 Å². The lowest BCUT2D eigenvalue weighted by atomic mass is 10.3. The van der Waals surface area contributed by atoms with E-state index in [1.54, 1.807) is 40.9 Å². The van der Waals surface area contributed by atoms with E-state index >= 15 is 0 Å². The van der Waals surface area contributed by atoms with Gasteiger partial charge in [0.15, 0.2) is 0 Å². The summed E-state index contributed by atoms with van der Waals surface area (Å²) in [4.78, 5) is 10.9. The lowest BCUT2D eigenvalue weighted by Gasteiger charge is -2.29. The first-order valence-corrected chi connectivity index (χ1v) is 3.48. The van der Waals surface area contributed by atoms with Gasteiger partial charge in [0, 0.05) is 18.6 Å². The van der Waals surface area contributed by atoms with Crippen molar-refractivity contribution in [2.24, 2.45) is 5.73 Å². The smallest absolute Gasteiger partial charge is 0.267 e. The van der Waals surface area contributed by atoms with Crippen molar-refractivity contribution < 1.29 is 4.79 Å². The van der Waals surface area contributed by atoms with Crippen molar-refractivity contribution in [2.75, 3.05) is 0 Å². The number of primary amides is 1. The highest BCUT2D eigenvalue weighted by molar-refractivity contribution is 5.91. The van der Waals surface area contributed by atoms with Crippen molar-refractivity contribution in [2.45, 2.75) is 0 Å². The third kappa shape index (κ3) is 0.833. The van der Waals surface area contributed by atoms with Gasteiger partial charge in [-0.1, -0.05) is 0 Å². The number of rotatable bonds is 1. The van der Waals surface area contributed by atoms with Crippen LogP contribution in [-0.4, -0.2) is 16.0 Å². The van der Waals surface area contributed by atoms with Crippen LogP contribution in [-0.2, 0) is 4.79 Å². The molecule has 0 unspecified atom stereocenters. The Kier molecular flexibility index (Phi) is 1.30. The van der Waals surface area contributed by atoms with E-state index in [-0.39, 0.29) is 0 Å². The second kappa shape index (κ2) is 2.30. The van der Waals surface area contributed by atoms with Crippen LogP contribution in [0.5, 0.6) is 0 Å². The quantitative estimate of drug-likeness (QED) is 0.542. The van der Waals surface area contributed by atoms with E-state index in [1.807, 2.05) is 0 Å². The molecule has 0 radical (unpaired) electrons. The molecule has 12 heavy (non-hydrogen) atoms. The fourth-order valence-corrected chi connectivity index (χ4v) is 1.11. The minimum Gasteiger partial charge on any atom is -0.364 e. The Morgan fingerprint density at radius 3 is 3.08 bits per heavy atom. The molecule has 5 heteroatoms. The Morgan fingerprint density at radius 1 is 1.50 bits per heavy atom. The van der Waals surface area contributed by atoms with Crippen LogP contribution in [0.2, 0.25) is 0 Å². The summed E-state index contributed by atoms with van der Waals surface area (Å²) < 4.78 is 0. The summed E-state index contributed by atoms with van der Waals surface area (Å²) in [5.41, 5.74) is 8.48. The van der Waals surface area contributed by atoms with Gasteiger partial charge >= 0.3 is 0 Å². The van der Waals surface area contributed by atoms with E-state index in [4.69, 9.17) is 5.73 Å². The average Bonchev–Trinajstić information content (AvgIpc) is 2.49. The first-order chi connectivity index (χ1) is 5.79. The minimum absolute atomic E-state index is 0.443. The van der Waals surface area contributed by atoms with Crippen molar-refractivity contribution >= 4 is 5.91 Å². The fraction of sp³-hybridized carbons (Fsp3) is 0. The van der Waals surface area contributed by atoms with E-state index < -0.39 is 5.91 Å². The molecule has 0 aromatic heterocycles. The molecule has 2 rings (SSSR count). The van der Waals surface area contributed by atoms with Gasteiger partial charge in [0.05, 0.1) is 0 Å². The van der Waals surface area contributed by atoms with Crippen molar-refractivity contribution in [3.05, 3.63) is 36.4 Å². The third-order valence-corrected chi connectivity index (χ3v) is 1.64. The van der Waals surface area contributed by atoms with Gasteiger partial charge in [0.1, 0.15) is 5.70 Å². The van der Waals surface area contributed by atoms with Gasteiger partial charge in [-0.05, 0) is 12.2 Å². The molecule has 0 saturated carbocycles. The van der Waals surface area contributed by atoms with Crippen LogP contribution in [0.4, 0.5) is 0 Å². The van der Waals surface area contributed by atoms with Crippen LogP contribution < -0.4 is 11.2 Å². The maximum absolute atomic E-state index is 10.9. The zero-order valence-electron chi connectivity index (χ0n) is 6.27. The fourth-order valence-electron chi connectivity index (χ4n) is 1.11. The molecule has 5 nitrogen and oxygen atoms in total. The molecule has 0 aromatic carbocycles. The average molecular weight is 164 g/mol. The zero-order valence-corrected chi connectivity index (χ0v) is 6.27. The summed E-state index contributed by atoms with van der Waals surface area (Å²) in [5.74, 6) is -0.447. The van der Waals surface area contributed by atoms with E-state index in [2.05, 4.69) is 5.43 Å². The number of carbonyl (C=O) groups excluding carboxylic acids is 1. The van der Waals surface area contributed by atoms with Crippen LogP contribution in [0.25, 0.3) is 0 Å². The maximum atomic E-state index is 10.9. The van der Waals surface area contributed by atoms with Crippen LogP contribution in [0.3, 0.4) is 0 Å². The molecule has 2 aliphatic heterocycles. The number of nitrogens with two attached hydrogens (primary N) is 1. The van der Waals surface area contributed by atoms with Gasteiger partial charge in [0.25, 0.3) is 5.91 Å². The van der Waals surface area contributed by atoms with Crippen molar-refractivity contribution in [3.63, 3.8) is 0 Å². The summed E-state index contributed by atoms with van der Waals surface area (Å²) in [6.45, 7) is 0. The number of hydrogen-bond acceptors (Lipinski definition) is 4. The number of hydrogen-bond donors (Lipinski definition) is 2. The number of carbonyl (C=O) groups is 1. The Morgan fingerprint density at radius 2 is 2.33 bits per heavy atom. The maximum Gasteiger partial charge on any atom is 0.267 e. The molecule has 62 valence electrons. The number of allylic oxidation sites excluding steroid dienone is 2. The molecular weight excluding hydrogens is 156 g/mol. The highest BCUT2D eigenvalue weighted by Crippen LogP contribution is 2.16. The number of nitrogens with one attached hydrogen (secondary N) is 1. The second-order valence-electron chi connectivity index (χ2n) is 2.39. The SMILES string of the molecule is NC(=O)C1=CC=CN2NC=CN12. The summed E-state index contributed by atoms with van der Waals surface area (Å²) >= 11 is 0.